The molecule has 156 valence electrons. The summed E-state index contributed by atoms with van der Waals surface area (Å²) in [4.78, 5) is 32.6. The molecule has 0 spiro atoms. The summed E-state index contributed by atoms with van der Waals surface area (Å²) in [5.41, 5.74) is 2.02. The van der Waals surface area contributed by atoms with Crippen LogP contribution in [0, 0.1) is 5.92 Å². The fourth-order valence-electron chi connectivity index (χ4n) is 4.68. The van der Waals surface area contributed by atoms with E-state index in [1.165, 1.54) is 0 Å². The number of carboxylic acids is 1. The van der Waals surface area contributed by atoms with Crippen molar-refractivity contribution in [2.45, 2.75) is 52.1 Å². The number of likely N-dealkylation sites (tertiary alicyclic amines) is 2. The number of aryl methyl sites for hydroxylation is 1. The molecule has 2 fully saturated rings. The molecule has 0 radical (unpaired) electrons. The first-order valence-corrected chi connectivity index (χ1v) is 10.8. The van der Waals surface area contributed by atoms with Gasteiger partial charge in [-0.1, -0.05) is 0 Å². The highest BCUT2D eigenvalue weighted by Crippen LogP contribution is 2.24. The number of carbonyl (C=O) groups excluding carboxylic acids is 1. The molecule has 4 rings (SSSR count). The Balaban J connectivity index is 1.39. The molecule has 29 heavy (non-hydrogen) atoms. The van der Waals surface area contributed by atoms with E-state index in [4.69, 9.17) is 4.98 Å². The van der Waals surface area contributed by atoms with Crippen LogP contribution >= 0.6 is 0 Å². The fourth-order valence-corrected chi connectivity index (χ4v) is 4.68. The summed E-state index contributed by atoms with van der Waals surface area (Å²) in [5.74, 6) is 0.996. The lowest BCUT2D eigenvalue weighted by Crippen LogP contribution is -2.42. The van der Waals surface area contributed by atoms with Gasteiger partial charge in [-0.25, -0.2) is 9.78 Å². The predicted molar refractivity (Wildman–Crippen MR) is 111 cm³/mol. The van der Waals surface area contributed by atoms with Gasteiger partial charge in [-0.2, -0.15) is 0 Å². The zero-order valence-corrected chi connectivity index (χ0v) is 17.1. The number of rotatable bonds is 6. The third-order valence-electron chi connectivity index (χ3n) is 6.36. The number of imidazole rings is 1. The molecule has 1 amide bonds. The van der Waals surface area contributed by atoms with Crippen LogP contribution < -0.4 is 0 Å². The normalized spacial score (nSPS) is 19.2. The molecule has 3 heterocycles. The number of amides is 1. The van der Waals surface area contributed by atoms with Gasteiger partial charge in [0.25, 0.3) is 0 Å². The maximum absolute atomic E-state index is 12.1. The minimum atomic E-state index is -0.922. The summed E-state index contributed by atoms with van der Waals surface area (Å²) >= 11 is 0. The second-order valence-corrected chi connectivity index (χ2v) is 8.30. The van der Waals surface area contributed by atoms with Crippen molar-refractivity contribution in [3.63, 3.8) is 0 Å². The average Bonchev–Trinajstić information content (AvgIpc) is 3.07. The molecule has 1 aromatic carbocycles. The van der Waals surface area contributed by atoms with Crippen LogP contribution in [0.15, 0.2) is 18.2 Å². The van der Waals surface area contributed by atoms with E-state index in [2.05, 4.69) is 21.3 Å². The monoisotopic (exact) mass is 398 g/mol. The summed E-state index contributed by atoms with van der Waals surface area (Å²) < 4.78 is 2.18. The topological polar surface area (TPSA) is 78.7 Å². The van der Waals surface area contributed by atoms with E-state index in [9.17, 15) is 14.7 Å². The number of aromatic carboxylic acids is 1. The van der Waals surface area contributed by atoms with Crippen LogP contribution in [-0.2, 0) is 17.9 Å². The molecule has 0 aliphatic carbocycles. The van der Waals surface area contributed by atoms with E-state index >= 15 is 0 Å². The highest BCUT2D eigenvalue weighted by molar-refractivity contribution is 5.92. The second kappa shape index (κ2) is 8.53. The summed E-state index contributed by atoms with van der Waals surface area (Å²) in [7, 11) is 0. The molecular formula is C22H30N4O3. The van der Waals surface area contributed by atoms with Crippen molar-refractivity contribution in [2.75, 3.05) is 26.2 Å². The van der Waals surface area contributed by atoms with Gasteiger partial charge < -0.3 is 14.6 Å². The Bertz CT molecular complexity index is 899. The van der Waals surface area contributed by atoms with Crippen molar-refractivity contribution in [1.29, 1.82) is 0 Å². The molecule has 2 aromatic rings. The first-order valence-electron chi connectivity index (χ1n) is 10.8. The Kier molecular flexibility index (Phi) is 5.85. The predicted octanol–water partition coefficient (Wildman–Crippen LogP) is 2.98. The van der Waals surface area contributed by atoms with Crippen molar-refractivity contribution in [1.82, 2.24) is 19.4 Å². The Morgan fingerprint density at radius 1 is 1.21 bits per heavy atom. The summed E-state index contributed by atoms with van der Waals surface area (Å²) in [6, 6.07) is 5.17. The summed E-state index contributed by atoms with van der Waals surface area (Å²) in [6.45, 7) is 7.56. The lowest BCUT2D eigenvalue weighted by molar-refractivity contribution is -0.134. The lowest BCUT2D eigenvalue weighted by atomic mass is 9.95. The number of benzene rings is 1. The van der Waals surface area contributed by atoms with Gasteiger partial charge in [0.15, 0.2) is 0 Å². The van der Waals surface area contributed by atoms with E-state index in [0.717, 1.165) is 88.2 Å². The van der Waals surface area contributed by atoms with Gasteiger partial charge in [0.05, 0.1) is 23.1 Å². The van der Waals surface area contributed by atoms with Gasteiger partial charge in [-0.15, -0.1) is 0 Å². The minimum absolute atomic E-state index is 0.276. The van der Waals surface area contributed by atoms with Gasteiger partial charge in [-0.05, 0) is 69.8 Å². The lowest BCUT2D eigenvalue weighted by Gasteiger charge is -2.36. The van der Waals surface area contributed by atoms with Gasteiger partial charge in [0.1, 0.15) is 5.82 Å². The average molecular weight is 399 g/mol. The van der Waals surface area contributed by atoms with E-state index in [0.29, 0.717) is 11.8 Å². The Labute approximate surface area is 171 Å². The molecule has 1 N–H and O–H groups in total. The van der Waals surface area contributed by atoms with Crippen LogP contribution in [-0.4, -0.2) is 62.5 Å². The highest BCUT2D eigenvalue weighted by Gasteiger charge is 2.26. The molecule has 2 saturated heterocycles. The van der Waals surface area contributed by atoms with Crippen LogP contribution in [0.2, 0.25) is 0 Å². The van der Waals surface area contributed by atoms with Crippen LogP contribution in [0.3, 0.4) is 0 Å². The third kappa shape index (κ3) is 4.29. The number of carbonyl (C=O) groups is 2. The highest BCUT2D eigenvalue weighted by atomic mass is 16.4. The largest absolute Gasteiger partial charge is 0.478 e. The van der Waals surface area contributed by atoms with Crippen LogP contribution in [0.4, 0.5) is 0 Å². The molecule has 2 aliphatic rings. The van der Waals surface area contributed by atoms with Crippen LogP contribution in [0.1, 0.15) is 55.2 Å². The van der Waals surface area contributed by atoms with E-state index in [1.807, 2.05) is 6.07 Å². The van der Waals surface area contributed by atoms with Crippen molar-refractivity contribution < 1.29 is 14.7 Å². The molecular weight excluding hydrogens is 368 g/mol. The number of aromatic nitrogens is 2. The standard InChI is InChI=1S/C22H30N4O3/c1-2-26-19-7-6-17(22(28)29)13-18(19)23-20(26)15-24-11-8-16(9-12-24)14-25-10-4-3-5-21(25)27/h6-7,13,16H,2-5,8-12,14-15H2,1H3,(H,28,29). The number of hydrogen-bond donors (Lipinski definition) is 1. The van der Waals surface area contributed by atoms with Crippen LogP contribution in [0.5, 0.6) is 0 Å². The maximum atomic E-state index is 12.1. The van der Waals surface area contributed by atoms with Gasteiger partial charge in [-0.3, -0.25) is 9.69 Å². The Morgan fingerprint density at radius 2 is 2.00 bits per heavy atom. The Hall–Kier alpha value is -2.41. The smallest absolute Gasteiger partial charge is 0.335 e. The summed E-state index contributed by atoms with van der Waals surface area (Å²) in [5, 5.41) is 9.23. The molecule has 2 aliphatic heterocycles. The van der Waals surface area contributed by atoms with Gasteiger partial charge >= 0.3 is 5.97 Å². The molecule has 1 aromatic heterocycles. The van der Waals surface area contributed by atoms with E-state index in [-0.39, 0.29) is 5.56 Å². The van der Waals surface area contributed by atoms with Crippen molar-refractivity contribution in [2.24, 2.45) is 5.92 Å². The zero-order chi connectivity index (χ0) is 20.4. The van der Waals surface area contributed by atoms with E-state index < -0.39 is 5.97 Å². The zero-order valence-electron chi connectivity index (χ0n) is 17.1. The number of fused-ring (bicyclic) bond motifs is 1. The van der Waals surface area contributed by atoms with Crippen molar-refractivity contribution in [3.8, 4) is 0 Å². The molecule has 7 nitrogen and oxygen atoms in total. The van der Waals surface area contributed by atoms with E-state index in [1.54, 1.807) is 12.1 Å². The van der Waals surface area contributed by atoms with Crippen molar-refractivity contribution in [3.05, 3.63) is 29.6 Å². The third-order valence-corrected chi connectivity index (χ3v) is 6.36. The van der Waals surface area contributed by atoms with Gasteiger partial charge in [0, 0.05) is 26.1 Å². The number of nitrogens with zero attached hydrogens (tertiary/aromatic N) is 4. The number of piperidine rings is 2. The number of carboxylic acid groups (broad SMARTS) is 1. The second-order valence-electron chi connectivity index (χ2n) is 8.30. The molecule has 0 saturated carbocycles. The first kappa shape index (κ1) is 19.9. The number of hydrogen-bond acceptors (Lipinski definition) is 4. The fraction of sp³-hybridized carbons (Fsp3) is 0.591. The van der Waals surface area contributed by atoms with Gasteiger partial charge in [0.2, 0.25) is 5.91 Å². The van der Waals surface area contributed by atoms with Crippen LogP contribution in [0.25, 0.3) is 11.0 Å². The maximum Gasteiger partial charge on any atom is 0.335 e. The molecule has 0 unspecified atom stereocenters. The minimum Gasteiger partial charge on any atom is -0.478 e. The first-order chi connectivity index (χ1) is 14.0. The molecule has 0 bridgehead atoms. The quantitative estimate of drug-likeness (QED) is 0.809. The SMILES string of the molecule is CCn1c(CN2CCC(CN3CCCCC3=O)CC2)nc2cc(C(=O)O)ccc21. The molecule has 7 heteroatoms. The molecule has 0 atom stereocenters. The summed E-state index contributed by atoms with van der Waals surface area (Å²) in [6.07, 6.45) is 5.12. The Morgan fingerprint density at radius 3 is 2.69 bits per heavy atom. The van der Waals surface area contributed by atoms with Crippen molar-refractivity contribution >= 4 is 22.9 Å².